The zero-order chi connectivity index (χ0) is 10.7. The number of likely N-dealkylation sites (N-methyl/N-ethyl adjacent to an activating group) is 1. The van der Waals surface area contributed by atoms with E-state index < -0.39 is 0 Å². The summed E-state index contributed by atoms with van der Waals surface area (Å²) in [5, 5.41) is 0. The molecule has 0 amide bonds. The van der Waals surface area contributed by atoms with Crippen molar-refractivity contribution in [3.63, 3.8) is 0 Å². The SMILES string of the molecule is CN(C)CC1=C(c2ccncc2)CCC1. The maximum absolute atomic E-state index is 4.07. The molecule has 15 heavy (non-hydrogen) atoms. The summed E-state index contributed by atoms with van der Waals surface area (Å²) < 4.78 is 0. The molecule has 0 fully saturated rings. The van der Waals surface area contributed by atoms with Gasteiger partial charge in [0.15, 0.2) is 0 Å². The summed E-state index contributed by atoms with van der Waals surface area (Å²) in [4.78, 5) is 6.32. The van der Waals surface area contributed by atoms with Crippen LogP contribution in [0.1, 0.15) is 24.8 Å². The second kappa shape index (κ2) is 4.58. The fourth-order valence-corrected chi connectivity index (χ4v) is 2.26. The normalized spacial score (nSPS) is 16.5. The number of allylic oxidation sites excluding steroid dienone is 1. The fraction of sp³-hybridized carbons (Fsp3) is 0.462. The topological polar surface area (TPSA) is 16.1 Å². The molecule has 0 spiro atoms. The second-order valence-electron chi connectivity index (χ2n) is 4.41. The third kappa shape index (κ3) is 2.45. The lowest BCUT2D eigenvalue weighted by atomic mass is 10.0. The van der Waals surface area contributed by atoms with Gasteiger partial charge in [-0.05, 0) is 56.6 Å². The third-order valence-electron chi connectivity index (χ3n) is 2.87. The van der Waals surface area contributed by atoms with Gasteiger partial charge in [-0.2, -0.15) is 0 Å². The molecule has 1 aromatic rings. The van der Waals surface area contributed by atoms with E-state index >= 15 is 0 Å². The smallest absolute Gasteiger partial charge is 0.0273 e. The lowest BCUT2D eigenvalue weighted by Gasteiger charge is -2.13. The number of aromatic nitrogens is 1. The van der Waals surface area contributed by atoms with Crippen LogP contribution < -0.4 is 0 Å². The van der Waals surface area contributed by atoms with E-state index in [-0.39, 0.29) is 0 Å². The van der Waals surface area contributed by atoms with Gasteiger partial charge in [0.1, 0.15) is 0 Å². The molecule has 0 aliphatic heterocycles. The summed E-state index contributed by atoms with van der Waals surface area (Å²) in [5.74, 6) is 0. The Kier molecular flexibility index (Phi) is 3.17. The largest absolute Gasteiger partial charge is 0.305 e. The molecule has 1 heterocycles. The van der Waals surface area contributed by atoms with E-state index in [1.54, 1.807) is 11.1 Å². The second-order valence-corrected chi connectivity index (χ2v) is 4.41. The van der Waals surface area contributed by atoms with Gasteiger partial charge >= 0.3 is 0 Å². The van der Waals surface area contributed by atoms with Gasteiger partial charge in [-0.15, -0.1) is 0 Å². The Hall–Kier alpha value is -1.15. The number of pyridine rings is 1. The van der Waals surface area contributed by atoms with Crippen LogP contribution in [0.15, 0.2) is 30.1 Å². The van der Waals surface area contributed by atoms with Crippen molar-refractivity contribution in [2.45, 2.75) is 19.3 Å². The Balaban J connectivity index is 2.26. The first-order valence-corrected chi connectivity index (χ1v) is 5.53. The van der Waals surface area contributed by atoms with Crippen molar-refractivity contribution in [2.24, 2.45) is 0 Å². The Bertz CT molecular complexity index is 352. The molecule has 0 unspecified atom stereocenters. The highest BCUT2D eigenvalue weighted by molar-refractivity contribution is 5.70. The van der Waals surface area contributed by atoms with Crippen LogP contribution in [0.4, 0.5) is 0 Å². The first-order chi connectivity index (χ1) is 7.27. The van der Waals surface area contributed by atoms with E-state index in [2.05, 4.69) is 36.1 Å². The molecule has 2 nitrogen and oxygen atoms in total. The minimum Gasteiger partial charge on any atom is -0.305 e. The number of rotatable bonds is 3. The van der Waals surface area contributed by atoms with Crippen LogP contribution in [0.25, 0.3) is 5.57 Å². The molecule has 1 aromatic heterocycles. The van der Waals surface area contributed by atoms with Crippen molar-refractivity contribution in [1.29, 1.82) is 0 Å². The van der Waals surface area contributed by atoms with E-state index in [0.717, 1.165) is 6.54 Å². The quantitative estimate of drug-likeness (QED) is 0.749. The minimum absolute atomic E-state index is 1.09. The van der Waals surface area contributed by atoms with Gasteiger partial charge in [-0.25, -0.2) is 0 Å². The molecule has 0 bridgehead atoms. The molecule has 0 aromatic carbocycles. The summed E-state index contributed by atoms with van der Waals surface area (Å²) in [6.07, 6.45) is 7.56. The van der Waals surface area contributed by atoms with Crippen molar-refractivity contribution in [2.75, 3.05) is 20.6 Å². The van der Waals surface area contributed by atoms with Gasteiger partial charge in [-0.3, -0.25) is 4.98 Å². The van der Waals surface area contributed by atoms with Gasteiger partial charge in [0.05, 0.1) is 0 Å². The summed E-state index contributed by atoms with van der Waals surface area (Å²) in [5.41, 5.74) is 4.51. The van der Waals surface area contributed by atoms with Crippen LogP contribution in [0.2, 0.25) is 0 Å². The molecule has 80 valence electrons. The van der Waals surface area contributed by atoms with Crippen LogP contribution in [-0.4, -0.2) is 30.5 Å². The Morgan fingerprint density at radius 3 is 2.60 bits per heavy atom. The Labute approximate surface area is 91.6 Å². The lowest BCUT2D eigenvalue weighted by molar-refractivity contribution is 0.442. The highest BCUT2D eigenvalue weighted by Gasteiger charge is 2.15. The van der Waals surface area contributed by atoms with Crippen LogP contribution in [-0.2, 0) is 0 Å². The average Bonchev–Trinajstić information content (AvgIpc) is 2.66. The van der Waals surface area contributed by atoms with Gasteiger partial charge < -0.3 is 4.90 Å². The molecule has 1 aliphatic rings. The van der Waals surface area contributed by atoms with Crippen molar-refractivity contribution in [3.8, 4) is 0 Å². The first kappa shape index (κ1) is 10.4. The zero-order valence-corrected chi connectivity index (χ0v) is 9.53. The van der Waals surface area contributed by atoms with Crippen LogP contribution in [0, 0.1) is 0 Å². The molecule has 0 atom stereocenters. The number of hydrogen-bond donors (Lipinski definition) is 0. The number of hydrogen-bond acceptors (Lipinski definition) is 2. The van der Waals surface area contributed by atoms with E-state index in [1.807, 2.05) is 12.4 Å². The van der Waals surface area contributed by atoms with Gasteiger partial charge in [-0.1, -0.05) is 5.57 Å². The van der Waals surface area contributed by atoms with Crippen LogP contribution in [0.3, 0.4) is 0 Å². The van der Waals surface area contributed by atoms with Crippen molar-refractivity contribution < 1.29 is 0 Å². The molecule has 0 radical (unpaired) electrons. The van der Waals surface area contributed by atoms with Crippen molar-refractivity contribution >= 4 is 5.57 Å². The monoisotopic (exact) mass is 202 g/mol. The summed E-state index contributed by atoms with van der Waals surface area (Å²) in [6, 6.07) is 4.24. The molecule has 2 rings (SSSR count). The third-order valence-corrected chi connectivity index (χ3v) is 2.87. The molecule has 0 N–H and O–H groups in total. The maximum atomic E-state index is 4.07. The average molecular weight is 202 g/mol. The molecule has 0 saturated heterocycles. The predicted octanol–water partition coefficient (Wildman–Crippen LogP) is 2.58. The Morgan fingerprint density at radius 2 is 1.93 bits per heavy atom. The van der Waals surface area contributed by atoms with Crippen molar-refractivity contribution in [1.82, 2.24) is 9.88 Å². The molecular formula is C13H18N2. The summed E-state index contributed by atoms with van der Waals surface area (Å²) >= 11 is 0. The van der Waals surface area contributed by atoms with Crippen LogP contribution >= 0.6 is 0 Å². The predicted molar refractivity (Wildman–Crippen MR) is 63.6 cm³/mol. The van der Waals surface area contributed by atoms with E-state index in [1.165, 1.54) is 24.8 Å². The van der Waals surface area contributed by atoms with Gasteiger partial charge in [0.25, 0.3) is 0 Å². The van der Waals surface area contributed by atoms with E-state index in [4.69, 9.17) is 0 Å². The van der Waals surface area contributed by atoms with Crippen molar-refractivity contribution in [3.05, 3.63) is 35.7 Å². The summed E-state index contributed by atoms with van der Waals surface area (Å²) in [7, 11) is 4.27. The van der Waals surface area contributed by atoms with E-state index in [9.17, 15) is 0 Å². The summed E-state index contributed by atoms with van der Waals surface area (Å²) in [6.45, 7) is 1.09. The number of nitrogens with zero attached hydrogens (tertiary/aromatic N) is 2. The standard InChI is InChI=1S/C13H18N2/c1-15(2)10-12-4-3-5-13(12)11-6-8-14-9-7-11/h6-9H,3-5,10H2,1-2H3. The van der Waals surface area contributed by atoms with E-state index in [0.29, 0.717) is 0 Å². The maximum Gasteiger partial charge on any atom is 0.0273 e. The molecule has 2 heteroatoms. The first-order valence-electron chi connectivity index (χ1n) is 5.53. The molecule has 0 saturated carbocycles. The van der Waals surface area contributed by atoms with Crippen LogP contribution in [0.5, 0.6) is 0 Å². The lowest BCUT2D eigenvalue weighted by Crippen LogP contribution is -2.14. The zero-order valence-electron chi connectivity index (χ0n) is 9.53. The highest BCUT2D eigenvalue weighted by atomic mass is 15.0. The fourth-order valence-electron chi connectivity index (χ4n) is 2.26. The minimum atomic E-state index is 1.09. The van der Waals surface area contributed by atoms with Gasteiger partial charge in [0.2, 0.25) is 0 Å². The Morgan fingerprint density at radius 1 is 1.20 bits per heavy atom. The molecule has 1 aliphatic carbocycles. The highest BCUT2D eigenvalue weighted by Crippen LogP contribution is 2.33. The van der Waals surface area contributed by atoms with Gasteiger partial charge in [0, 0.05) is 18.9 Å². The molecular weight excluding hydrogens is 184 g/mol.